The fourth-order valence-corrected chi connectivity index (χ4v) is 1.60. The smallest absolute Gasteiger partial charge is 0.240 e. The van der Waals surface area contributed by atoms with Crippen LogP contribution in [0.15, 0.2) is 18.5 Å². The van der Waals surface area contributed by atoms with E-state index in [-0.39, 0.29) is 5.91 Å². The number of hydrogen-bond acceptors (Lipinski definition) is 2. The van der Waals surface area contributed by atoms with Crippen LogP contribution in [0.5, 0.6) is 0 Å². The molecule has 0 saturated heterocycles. The Hall–Kier alpha value is -1.76. The average molecular weight is 219 g/mol. The topological polar surface area (TPSA) is 68.7 Å². The molecule has 0 radical (unpaired) electrons. The highest BCUT2D eigenvalue weighted by Gasteiger charge is 2.34. The van der Waals surface area contributed by atoms with Gasteiger partial charge in [0.2, 0.25) is 5.91 Å². The predicted molar refractivity (Wildman–Crippen MR) is 61.3 cm³/mol. The number of nitriles is 1. The summed E-state index contributed by atoms with van der Waals surface area (Å²) >= 11 is 0. The van der Waals surface area contributed by atoms with Crippen molar-refractivity contribution in [1.82, 2.24) is 10.3 Å². The van der Waals surface area contributed by atoms with E-state index in [0.29, 0.717) is 19.4 Å². The van der Waals surface area contributed by atoms with Gasteiger partial charge in [0.1, 0.15) is 5.41 Å². The molecule has 4 heteroatoms. The minimum atomic E-state index is -0.879. The molecule has 4 nitrogen and oxygen atoms in total. The van der Waals surface area contributed by atoms with Gasteiger partial charge in [-0.05, 0) is 24.5 Å². The number of hydrogen-bond donors (Lipinski definition) is 2. The molecule has 0 spiro atoms. The zero-order valence-electron chi connectivity index (χ0n) is 9.71. The average Bonchev–Trinajstić information content (AvgIpc) is 2.82. The maximum atomic E-state index is 11.9. The Morgan fingerprint density at radius 1 is 1.56 bits per heavy atom. The molecule has 2 N–H and O–H groups in total. The molecular formula is C12H17N3O. The van der Waals surface area contributed by atoms with Crippen LogP contribution in [-0.4, -0.2) is 10.9 Å². The van der Waals surface area contributed by atoms with Crippen LogP contribution in [0.3, 0.4) is 0 Å². The van der Waals surface area contributed by atoms with Gasteiger partial charge < -0.3 is 10.3 Å². The number of carbonyl (C=O) groups excluding carboxylic acids is 1. The first-order valence-corrected chi connectivity index (χ1v) is 5.49. The standard InChI is InChI=1S/C12H17N3O/c1-3-12(4-2,9-13)11(16)15-8-10-5-6-14-7-10/h5-7,14H,3-4,8H2,1-2H3,(H,15,16). The first kappa shape index (κ1) is 12.3. The molecule has 0 saturated carbocycles. The molecule has 86 valence electrons. The van der Waals surface area contributed by atoms with Crippen molar-refractivity contribution >= 4 is 5.91 Å². The summed E-state index contributed by atoms with van der Waals surface area (Å²) in [7, 11) is 0. The van der Waals surface area contributed by atoms with Crippen LogP contribution in [0, 0.1) is 16.7 Å². The van der Waals surface area contributed by atoms with Gasteiger partial charge in [0.25, 0.3) is 0 Å². The lowest BCUT2D eigenvalue weighted by atomic mass is 9.83. The van der Waals surface area contributed by atoms with Gasteiger partial charge in [-0.1, -0.05) is 13.8 Å². The minimum Gasteiger partial charge on any atom is -0.367 e. The van der Waals surface area contributed by atoms with E-state index in [1.807, 2.05) is 26.1 Å². The first-order valence-electron chi connectivity index (χ1n) is 5.49. The van der Waals surface area contributed by atoms with Crippen LogP contribution in [0.2, 0.25) is 0 Å². The largest absolute Gasteiger partial charge is 0.367 e. The van der Waals surface area contributed by atoms with Crippen LogP contribution in [0.25, 0.3) is 0 Å². The van der Waals surface area contributed by atoms with Gasteiger partial charge in [-0.3, -0.25) is 4.79 Å². The molecule has 1 aromatic rings. The van der Waals surface area contributed by atoms with Crippen LogP contribution in [0.1, 0.15) is 32.3 Å². The van der Waals surface area contributed by atoms with Crippen molar-refractivity contribution in [3.63, 3.8) is 0 Å². The Bertz CT molecular complexity index is 371. The molecule has 0 aliphatic carbocycles. The van der Waals surface area contributed by atoms with Gasteiger partial charge in [-0.15, -0.1) is 0 Å². The summed E-state index contributed by atoms with van der Waals surface area (Å²) in [5, 5.41) is 11.9. The summed E-state index contributed by atoms with van der Waals surface area (Å²) in [6.45, 7) is 4.19. The van der Waals surface area contributed by atoms with Crippen molar-refractivity contribution in [2.24, 2.45) is 5.41 Å². The minimum absolute atomic E-state index is 0.179. The van der Waals surface area contributed by atoms with E-state index in [2.05, 4.69) is 16.4 Å². The van der Waals surface area contributed by atoms with E-state index in [4.69, 9.17) is 5.26 Å². The van der Waals surface area contributed by atoms with Crippen molar-refractivity contribution in [1.29, 1.82) is 5.26 Å². The molecule has 1 rings (SSSR count). The number of aromatic amines is 1. The van der Waals surface area contributed by atoms with Gasteiger partial charge in [-0.2, -0.15) is 5.26 Å². The maximum Gasteiger partial charge on any atom is 0.240 e. The maximum absolute atomic E-state index is 11.9. The molecule has 0 bridgehead atoms. The van der Waals surface area contributed by atoms with E-state index in [0.717, 1.165) is 5.56 Å². The summed E-state index contributed by atoms with van der Waals surface area (Å²) in [5.74, 6) is -0.179. The number of H-pyrrole nitrogens is 1. The van der Waals surface area contributed by atoms with Crippen LogP contribution >= 0.6 is 0 Å². The summed E-state index contributed by atoms with van der Waals surface area (Å²) < 4.78 is 0. The van der Waals surface area contributed by atoms with Gasteiger partial charge in [-0.25, -0.2) is 0 Å². The third-order valence-corrected chi connectivity index (χ3v) is 2.97. The Labute approximate surface area is 95.7 Å². The summed E-state index contributed by atoms with van der Waals surface area (Å²) in [5.41, 5.74) is 0.128. The van der Waals surface area contributed by atoms with E-state index >= 15 is 0 Å². The molecule has 0 fully saturated rings. The number of nitrogens with one attached hydrogen (secondary N) is 2. The predicted octanol–water partition coefficient (Wildman–Crippen LogP) is 1.96. The third kappa shape index (κ3) is 2.43. The zero-order valence-corrected chi connectivity index (χ0v) is 9.71. The summed E-state index contributed by atoms with van der Waals surface area (Å²) in [4.78, 5) is 14.8. The molecule has 1 aromatic heterocycles. The summed E-state index contributed by atoms with van der Waals surface area (Å²) in [6.07, 6.45) is 4.71. The van der Waals surface area contributed by atoms with Crippen molar-refractivity contribution in [3.05, 3.63) is 24.0 Å². The lowest BCUT2D eigenvalue weighted by Gasteiger charge is -2.21. The fourth-order valence-electron chi connectivity index (χ4n) is 1.60. The van der Waals surface area contributed by atoms with Crippen molar-refractivity contribution in [2.75, 3.05) is 0 Å². The number of carbonyl (C=O) groups is 1. The van der Waals surface area contributed by atoms with E-state index in [1.54, 1.807) is 6.20 Å². The zero-order chi connectivity index (χ0) is 12.0. The second-order valence-electron chi connectivity index (χ2n) is 3.80. The molecule has 0 aliphatic rings. The molecule has 0 aromatic carbocycles. The first-order chi connectivity index (χ1) is 7.68. The highest BCUT2D eigenvalue weighted by molar-refractivity contribution is 5.85. The Morgan fingerprint density at radius 3 is 2.69 bits per heavy atom. The lowest BCUT2D eigenvalue weighted by molar-refractivity contribution is -0.128. The van der Waals surface area contributed by atoms with Crippen molar-refractivity contribution in [3.8, 4) is 6.07 Å². The van der Waals surface area contributed by atoms with Crippen molar-refractivity contribution < 1.29 is 4.79 Å². The van der Waals surface area contributed by atoms with E-state index in [9.17, 15) is 4.79 Å². The number of nitrogens with zero attached hydrogens (tertiary/aromatic N) is 1. The molecular weight excluding hydrogens is 202 g/mol. The number of amides is 1. The molecule has 0 unspecified atom stereocenters. The van der Waals surface area contributed by atoms with E-state index < -0.39 is 5.41 Å². The second kappa shape index (κ2) is 5.36. The molecule has 0 atom stereocenters. The fraction of sp³-hybridized carbons (Fsp3) is 0.500. The number of aromatic nitrogens is 1. The Balaban J connectivity index is 2.61. The quantitative estimate of drug-likeness (QED) is 0.794. The monoisotopic (exact) mass is 219 g/mol. The van der Waals surface area contributed by atoms with Gasteiger partial charge in [0, 0.05) is 18.9 Å². The van der Waals surface area contributed by atoms with Gasteiger partial charge in [0.15, 0.2) is 0 Å². The number of rotatable bonds is 5. The van der Waals surface area contributed by atoms with Crippen LogP contribution < -0.4 is 5.32 Å². The van der Waals surface area contributed by atoms with Gasteiger partial charge >= 0.3 is 0 Å². The summed E-state index contributed by atoms with van der Waals surface area (Å²) in [6, 6.07) is 4.02. The van der Waals surface area contributed by atoms with Crippen LogP contribution in [0.4, 0.5) is 0 Å². The van der Waals surface area contributed by atoms with Crippen molar-refractivity contribution in [2.45, 2.75) is 33.2 Å². The molecule has 1 amide bonds. The molecule has 1 heterocycles. The molecule has 0 aliphatic heterocycles. The normalized spacial score (nSPS) is 10.8. The third-order valence-electron chi connectivity index (χ3n) is 2.97. The second-order valence-corrected chi connectivity index (χ2v) is 3.80. The van der Waals surface area contributed by atoms with Crippen LogP contribution in [-0.2, 0) is 11.3 Å². The Morgan fingerprint density at radius 2 is 2.25 bits per heavy atom. The van der Waals surface area contributed by atoms with E-state index in [1.165, 1.54) is 0 Å². The SMILES string of the molecule is CCC(C#N)(CC)C(=O)NCc1cc[nH]c1. The van der Waals surface area contributed by atoms with Gasteiger partial charge in [0.05, 0.1) is 6.07 Å². The Kier molecular flexibility index (Phi) is 4.12. The highest BCUT2D eigenvalue weighted by atomic mass is 16.2. The molecule has 16 heavy (non-hydrogen) atoms. The lowest BCUT2D eigenvalue weighted by Crippen LogP contribution is -2.38. The highest BCUT2D eigenvalue weighted by Crippen LogP contribution is 2.25.